The van der Waals surface area contributed by atoms with Gasteiger partial charge < -0.3 is 39.6 Å². The first kappa shape index (κ1) is 60.4. The van der Waals surface area contributed by atoms with Crippen molar-refractivity contribution < 1.29 is 91.6 Å². The number of carbonyl (C=O) groups excluding carboxylic acids is 1. The highest BCUT2D eigenvalue weighted by atomic mass is 32.2. The Labute approximate surface area is 435 Å². The van der Waals surface area contributed by atoms with Gasteiger partial charge in [-0.15, -0.1) is 0 Å². The van der Waals surface area contributed by atoms with Crippen LogP contribution < -0.4 is 27.2 Å². The average Bonchev–Trinajstić information content (AvgIpc) is 3.84. The lowest BCUT2D eigenvalue weighted by molar-refractivity contribution is -0.436. The third-order valence-electron chi connectivity index (χ3n) is 12.6. The topological polar surface area (TPSA) is 414 Å². The summed E-state index contributed by atoms with van der Waals surface area (Å²) in [6.07, 6.45) is 10.4. The van der Waals surface area contributed by atoms with Crippen LogP contribution in [0.1, 0.15) is 82.7 Å². The number of phosphoric acid groups is 3. The van der Waals surface area contributed by atoms with Gasteiger partial charge in [-0.05, 0) is 68.7 Å². The third kappa shape index (κ3) is 14.6. The van der Waals surface area contributed by atoms with Crippen LogP contribution in [0.5, 0.6) is 0 Å². The molecule has 416 valence electrons. The fraction of sp³-hybridized carbons (Fsp3) is 0.409. The van der Waals surface area contributed by atoms with Crippen LogP contribution in [0.15, 0.2) is 104 Å². The van der Waals surface area contributed by atoms with Crippen LogP contribution in [0.4, 0.5) is 11.4 Å². The zero-order chi connectivity index (χ0) is 56.4. The number of ether oxygens (including phenoxy) is 1. The third-order valence-corrected chi connectivity index (χ3v) is 18.1. The normalized spacial score (nSPS) is 21.7. The number of unbranched alkanes of at least 4 members (excludes halogenated alkanes) is 2. The van der Waals surface area contributed by atoms with E-state index in [0.29, 0.717) is 42.6 Å². The zero-order valence-corrected chi connectivity index (χ0v) is 45.4. The summed E-state index contributed by atoms with van der Waals surface area (Å²) in [5.74, 6) is -0.302. The molecule has 0 radical (unpaired) electrons. The minimum absolute atomic E-state index is 0.0192. The number of aliphatic hydroxyl groups excluding tert-OH is 1. The number of H-pyrrole nitrogens is 1. The molecule has 27 nitrogen and oxygen atoms in total. The lowest BCUT2D eigenvalue weighted by Crippen LogP contribution is -2.33. The van der Waals surface area contributed by atoms with Crippen LogP contribution in [0.25, 0.3) is 6.08 Å². The minimum Gasteiger partial charge on any atom is -0.390 e. The summed E-state index contributed by atoms with van der Waals surface area (Å²) < 4.78 is 122. The van der Waals surface area contributed by atoms with E-state index in [9.17, 15) is 68.9 Å². The number of phosphoric ester groups is 1. The van der Waals surface area contributed by atoms with Crippen molar-refractivity contribution in [1.82, 2.24) is 14.9 Å². The molecule has 2 aromatic carbocycles. The Morgan fingerprint density at radius 2 is 1.55 bits per heavy atom. The largest absolute Gasteiger partial charge is 0.490 e. The smallest absolute Gasteiger partial charge is 0.390 e. The van der Waals surface area contributed by atoms with Gasteiger partial charge in [0.2, 0.25) is 18.3 Å². The van der Waals surface area contributed by atoms with Gasteiger partial charge in [-0.2, -0.15) is 30.0 Å². The highest BCUT2D eigenvalue weighted by Crippen LogP contribution is 2.66. The molecular weight excluding hydrogens is 1110 g/mol. The summed E-state index contributed by atoms with van der Waals surface area (Å²) in [7, 11) is -25.9. The summed E-state index contributed by atoms with van der Waals surface area (Å²) in [4.78, 5) is 78.2. The van der Waals surface area contributed by atoms with Crippen molar-refractivity contribution in [3.63, 3.8) is 0 Å². The molecule has 3 aliphatic rings. The van der Waals surface area contributed by atoms with Gasteiger partial charge in [0.15, 0.2) is 5.71 Å². The molecule has 5 atom stereocenters. The van der Waals surface area contributed by atoms with Crippen LogP contribution in [-0.2, 0) is 67.4 Å². The molecule has 76 heavy (non-hydrogen) atoms. The quantitative estimate of drug-likeness (QED) is 0.0213. The van der Waals surface area contributed by atoms with Gasteiger partial charge in [-0.25, -0.2) is 18.5 Å². The minimum atomic E-state index is -5.81. The van der Waals surface area contributed by atoms with Crippen LogP contribution in [0.2, 0.25) is 0 Å². The fourth-order valence-corrected chi connectivity index (χ4v) is 13.0. The van der Waals surface area contributed by atoms with Crippen molar-refractivity contribution >= 4 is 72.8 Å². The maximum absolute atomic E-state index is 12.8. The molecule has 3 unspecified atom stereocenters. The Bertz CT molecular complexity index is 3420. The lowest BCUT2D eigenvalue weighted by atomic mass is 9.81. The number of aromatic nitrogens is 2. The molecule has 1 saturated heterocycles. The molecule has 6 rings (SSSR count). The molecule has 3 aliphatic heterocycles. The summed E-state index contributed by atoms with van der Waals surface area (Å²) >= 11 is 0. The molecule has 3 aromatic rings. The highest BCUT2D eigenvalue weighted by Gasteiger charge is 2.46. The number of amides is 1. The van der Waals surface area contributed by atoms with Crippen molar-refractivity contribution in [2.24, 2.45) is 5.73 Å². The molecule has 1 amide bonds. The first-order valence-corrected chi connectivity index (χ1v) is 30.4. The fourth-order valence-electron chi connectivity index (χ4n) is 8.94. The number of fused-ring (bicyclic) bond motifs is 2. The van der Waals surface area contributed by atoms with Crippen molar-refractivity contribution in [1.29, 1.82) is 0 Å². The Morgan fingerprint density at radius 3 is 2.20 bits per heavy atom. The molecule has 0 aliphatic carbocycles. The van der Waals surface area contributed by atoms with E-state index in [0.717, 1.165) is 27.9 Å². The maximum Gasteiger partial charge on any atom is 0.490 e. The van der Waals surface area contributed by atoms with E-state index < -0.39 is 90.8 Å². The summed E-state index contributed by atoms with van der Waals surface area (Å²) in [5, 5.41) is 13.2. The summed E-state index contributed by atoms with van der Waals surface area (Å²) in [6.45, 7) is 7.26. The van der Waals surface area contributed by atoms with E-state index >= 15 is 0 Å². The number of benzene rings is 2. The Hall–Kier alpha value is -4.87. The molecule has 11 N–H and O–H groups in total. The van der Waals surface area contributed by atoms with Crippen LogP contribution in [0.3, 0.4) is 0 Å². The average molecular weight is 1160 g/mol. The van der Waals surface area contributed by atoms with Gasteiger partial charge in [0.25, 0.3) is 25.8 Å². The number of carbonyl (C=O) groups is 1. The van der Waals surface area contributed by atoms with Gasteiger partial charge in [-0.3, -0.25) is 38.5 Å². The van der Waals surface area contributed by atoms with E-state index in [4.69, 9.17) is 20.3 Å². The van der Waals surface area contributed by atoms with Gasteiger partial charge in [0, 0.05) is 66.6 Å². The first-order chi connectivity index (χ1) is 35.1. The predicted octanol–water partition coefficient (Wildman–Crippen LogP) is 3.50. The molecule has 4 heterocycles. The van der Waals surface area contributed by atoms with E-state index in [1.165, 1.54) is 36.4 Å². The van der Waals surface area contributed by atoms with Crippen LogP contribution in [-0.4, -0.2) is 115 Å². The molecule has 0 saturated carbocycles. The van der Waals surface area contributed by atoms with Gasteiger partial charge in [-0.1, -0.05) is 50.6 Å². The van der Waals surface area contributed by atoms with Gasteiger partial charge in [0.05, 0.1) is 33.5 Å². The molecule has 32 heteroatoms. The zero-order valence-electron chi connectivity index (χ0n) is 41.1. The first-order valence-electron chi connectivity index (χ1n) is 23.0. The van der Waals surface area contributed by atoms with Crippen molar-refractivity contribution in [2.45, 2.75) is 98.9 Å². The maximum atomic E-state index is 12.8. The van der Waals surface area contributed by atoms with Crippen molar-refractivity contribution in [2.75, 3.05) is 31.3 Å². The Kier molecular flexibility index (Phi) is 18.4. The van der Waals surface area contributed by atoms with Crippen molar-refractivity contribution in [3.8, 4) is 0 Å². The number of nitrogens with two attached hydrogens (primary N) is 1. The number of aliphatic hydroxyl groups is 1. The highest BCUT2D eigenvalue weighted by molar-refractivity contribution is 7.86. The Balaban J connectivity index is 1.04. The molecule has 0 spiro atoms. The van der Waals surface area contributed by atoms with Crippen LogP contribution >= 0.6 is 23.5 Å². The second kappa shape index (κ2) is 23.2. The van der Waals surface area contributed by atoms with Gasteiger partial charge in [0.1, 0.15) is 12.3 Å². The van der Waals surface area contributed by atoms with Gasteiger partial charge >= 0.3 is 29.2 Å². The monoisotopic (exact) mass is 1160 g/mol. The molecular formula is C44H58N6O21P3S2+. The van der Waals surface area contributed by atoms with Crippen molar-refractivity contribution in [3.05, 3.63) is 122 Å². The summed E-state index contributed by atoms with van der Waals surface area (Å²) in [5.41, 5.74) is 7.29. The Morgan fingerprint density at radius 1 is 0.895 bits per heavy atom. The number of nitrogens with zero attached hydrogens (tertiary/aromatic N) is 3. The standard InChI is InChI=1S/C44H57N6O21P3S2/c1-43(2)31-22-29(75(62,63)64)16-18-33(31)48(37(43)13-7-5-8-14-38-44(3,4)32-23-30(76(65,66)67)17-19-34(32)50(38)27-45)21-10-6-9-15-39(52)46-20-11-12-28-25-49(42(54)47-41(28)53)40-24-35(51)36(69-40)26-68-73(58,59)71-74(60,61)70-72(55,56)57/h5,7-8,11-14,16-19,22-23,25,35-36,40,51H,6,9-10,15,20-21,24,26-27,45H2,1-4H3,(H7-,46,47,52,53,54,55,56,57,58,59,60,61,62,63,64,65,66,67)/p+1/b12-11+/t35?,36-,40-/m1/s1. The number of aromatic amines is 1. The molecule has 1 aromatic heterocycles. The van der Waals surface area contributed by atoms with E-state index in [-0.39, 0.29) is 47.3 Å². The number of nitrogens with one attached hydrogen (secondary N) is 2. The summed E-state index contributed by atoms with van der Waals surface area (Å²) in [6, 6.07) is 8.77. The second-order valence-corrected chi connectivity index (χ2v) is 25.9. The lowest BCUT2D eigenvalue weighted by Gasteiger charge is -2.27. The van der Waals surface area contributed by atoms with E-state index in [1.807, 2.05) is 56.6 Å². The number of allylic oxidation sites excluding steroid dienone is 6. The van der Waals surface area contributed by atoms with E-state index in [2.05, 4.69) is 28.3 Å². The van der Waals surface area contributed by atoms with E-state index in [1.54, 1.807) is 18.2 Å². The SMILES string of the molecule is CC1(C)C(/C=C/C=C/C=C2/N(CCCCCC(=O)NC/C=C/c3cn([C@H]4CC(O)[C@@H](COP(=O)(O)OP(=O)(O)OP(=O)(O)O)O4)c(=O)[nH]c3=O)c3ccc(S(=O)(=O)O)cc3C2(C)C)=[N+](CN)c2ccc(S(=O)(=O)O)cc21. The number of rotatable bonds is 23. The molecule has 0 bridgehead atoms. The molecule has 1 fully saturated rings. The number of hydrogen-bond donors (Lipinski definition) is 10. The second-order valence-electron chi connectivity index (χ2n) is 18.6. The van der Waals surface area contributed by atoms with Crippen LogP contribution in [0, 0.1) is 0 Å². The predicted molar refractivity (Wildman–Crippen MR) is 272 cm³/mol. The number of hydrogen-bond acceptors (Lipinski definition) is 17. The number of anilines is 1.